The van der Waals surface area contributed by atoms with Crippen molar-refractivity contribution in [2.24, 2.45) is 0 Å². The molecule has 0 saturated heterocycles. The third kappa shape index (κ3) is 3.74. The van der Waals surface area contributed by atoms with Gasteiger partial charge in [-0.2, -0.15) is 22.1 Å². The fourth-order valence-corrected chi connectivity index (χ4v) is 3.95. The molecule has 10 nitrogen and oxygen atoms in total. The zero-order valence-corrected chi connectivity index (χ0v) is 15.4. The zero-order chi connectivity index (χ0) is 18.7. The average Bonchev–Trinajstić information content (AvgIpc) is 3.11. The Labute approximate surface area is 152 Å². The van der Waals surface area contributed by atoms with Crippen LogP contribution in [0, 0.1) is 0 Å². The Morgan fingerprint density at radius 3 is 2.85 bits per heavy atom. The van der Waals surface area contributed by atoms with Crippen LogP contribution in [0.2, 0.25) is 0 Å². The molecule has 1 aliphatic heterocycles. The van der Waals surface area contributed by atoms with Gasteiger partial charge in [-0.05, 0) is 12.5 Å². The summed E-state index contributed by atoms with van der Waals surface area (Å²) in [6.45, 7) is 0.953. The van der Waals surface area contributed by atoms with E-state index in [-0.39, 0.29) is 24.2 Å². The quantitative estimate of drug-likeness (QED) is 0.734. The lowest BCUT2D eigenvalue weighted by Crippen LogP contribution is -2.46. The smallest absolute Gasteiger partial charge is 0.281 e. The molecule has 26 heavy (non-hydrogen) atoms. The largest absolute Gasteiger partial charge is 0.351 e. The minimum Gasteiger partial charge on any atom is -0.351 e. The van der Waals surface area contributed by atoms with Gasteiger partial charge in [0.25, 0.3) is 16.1 Å². The standard InChI is InChI=1S/C15H21N7O3S/c1-20(2)26(24,25)21-10-12(22-13(11-21)4-6-19-22)3-5-18-15(23)14-9-16-7-8-17-14/h4,6-9,12H,3,5,10-11H2,1-2H3,(H,18,23). The average molecular weight is 379 g/mol. The first-order chi connectivity index (χ1) is 12.4. The molecule has 0 spiro atoms. The van der Waals surface area contributed by atoms with E-state index in [1.54, 1.807) is 6.20 Å². The number of nitrogens with one attached hydrogen (secondary N) is 1. The molecule has 1 N–H and O–H groups in total. The topological polar surface area (TPSA) is 113 Å². The molecule has 0 saturated carbocycles. The Hall–Kier alpha value is -2.37. The minimum absolute atomic E-state index is 0.161. The highest BCUT2D eigenvalue weighted by molar-refractivity contribution is 7.86. The van der Waals surface area contributed by atoms with E-state index in [4.69, 9.17) is 0 Å². The van der Waals surface area contributed by atoms with Gasteiger partial charge in [-0.1, -0.05) is 0 Å². The van der Waals surface area contributed by atoms with Gasteiger partial charge in [0.15, 0.2) is 0 Å². The Balaban J connectivity index is 1.66. The normalized spacial score (nSPS) is 17.9. The predicted octanol–water partition coefficient (Wildman–Crippen LogP) is -0.344. The molecule has 1 unspecified atom stereocenters. The monoisotopic (exact) mass is 379 g/mol. The summed E-state index contributed by atoms with van der Waals surface area (Å²) in [6, 6.07) is 1.65. The maximum atomic E-state index is 12.5. The number of aromatic nitrogens is 4. The van der Waals surface area contributed by atoms with Gasteiger partial charge in [0, 0.05) is 45.8 Å². The van der Waals surface area contributed by atoms with Crippen LogP contribution in [0.4, 0.5) is 0 Å². The van der Waals surface area contributed by atoms with E-state index in [9.17, 15) is 13.2 Å². The summed E-state index contributed by atoms with van der Waals surface area (Å²) in [4.78, 5) is 19.9. The summed E-state index contributed by atoms with van der Waals surface area (Å²) < 4.78 is 29.4. The van der Waals surface area contributed by atoms with Crippen molar-refractivity contribution in [3.63, 3.8) is 0 Å². The van der Waals surface area contributed by atoms with Crippen LogP contribution >= 0.6 is 0 Å². The molecular formula is C15H21N7O3S. The van der Waals surface area contributed by atoms with Crippen LogP contribution in [0.5, 0.6) is 0 Å². The number of carbonyl (C=O) groups is 1. The summed E-state index contributed by atoms with van der Waals surface area (Å²) in [6.07, 6.45) is 6.55. The first-order valence-electron chi connectivity index (χ1n) is 8.14. The van der Waals surface area contributed by atoms with E-state index >= 15 is 0 Å². The van der Waals surface area contributed by atoms with Crippen LogP contribution in [0.25, 0.3) is 0 Å². The first-order valence-corrected chi connectivity index (χ1v) is 9.53. The van der Waals surface area contributed by atoms with Gasteiger partial charge >= 0.3 is 0 Å². The summed E-state index contributed by atoms with van der Waals surface area (Å²) >= 11 is 0. The maximum absolute atomic E-state index is 12.5. The molecule has 1 atom stereocenters. The van der Waals surface area contributed by atoms with Gasteiger partial charge in [0.1, 0.15) is 5.69 Å². The zero-order valence-electron chi connectivity index (χ0n) is 14.6. The molecule has 140 valence electrons. The molecule has 2 aromatic rings. The molecule has 1 aliphatic rings. The number of nitrogens with zero attached hydrogens (tertiary/aromatic N) is 6. The molecular weight excluding hydrogens is 358 g/mol. The number of amides is 1. The molecule has 3 heterocycles. The fourth-order valence-electron chi connectivity index (χ4n) is 2.83. The highest BCUT2D eigenvalue weighted by Crippen LogP contribution is 2.25. The molecule has 1 amide bonds. The molecule has 0 aromatic carbocycles. The lowest BCUT2D eigenvalue weighted by Gasteiger charge is -2.34. The highest BCUT2D eigenvalue weighted by atomic mass is 32.2. The molecule has 11 heteroatoms. The molecule has 0 fully saturated rings. The van der Waals surface area contributed by atoms with Crippen molar-refractivity contribution in [1.82, 2.24) is 33.7 Å². The molecule has 0 bridgehead atoms. The third-order valence-electron chi connectivity index (χ3n) is 4.20. The second-order valence-corrected chi connectivity index (χ2v) is 8.28. The predicted molar refractivity (Wildman–Crippen MR) is 93.3 cm³/mol. The number of hydrogen-bond donors (Lipinski definition) is 1. The molecule has 3 rings (SSSR count). The van der Waals surface area contributed by atoms with E-state index in [2.05, 4.69) is 20.4 Å². The van der Waals surface area contributed by atoms with Crippen molar-refractivity contribution in [3.05, 3.63) is 42.2 Å². The summed E-state index contributed by atoms with van der Waals surface area (Å²) in [5, 5.41) is 7.09. The van der Waals surface area contributed by atoms with Crippen molar-refractivity contribution in [2.45, 2.75) is 19.0 Å². The fraction of sp³-hybridized carbons (Fsp3) is 0.467. The number of hydrogen-bond acceptors (Lipinski definition) is 6. The van der Waals surface area contributed by atoms with E-state index in [1.165, 1.54) is 41.3 Å². The second-order valence-electron chi connectivity index (χ2n) is 6.14. The van der Waals surface area contributed by atoms with Gasteiger partial charge in [-0.25, -0.2) is 4.98 Å². The summed E-state index contributed by atoms with van der Waals surface area (Å²) in [5.41, 5.74) is 1.07. The second kappa shape index (κ2) is 7.48. The molecule has 2 aromatic heterocycles. The Morgan fingerprint density at radius 2 is 2.15 bits per heavy atom. The van der Waals surface area contributed by atoms with Crippen molar-refractivity contribution in [3.8, 4) is 0 Å². The van der Waals surface area contributed by atoms with Crippen LogP contribution in [0.3, 0.4) is 0 Å². The Kier molecular flexibility index (Phi) is 5.30. The van der Waals surface area contributed by atoms with E-state index in [0.29, 0.717) is 19.5 Å². The number of carbonyl (C=O) groups excluding carboxylic acids is 1. The van der Waals surface area contributed by atoms with Gasteiger partial charge in [-0.3, -0.25) is 14.5 Å². The van der Waals surface area contributed by atoms with Crippen LogP contribution in [-0.4, -0.2) is 69.9 Å². The van der Waals surface area contributed by atoms with Gasteiger partial charge in [0.05, 0.1) is 24.5 Å². The van der Waals surface area contributed by atoms with Crippen LogP contribution in [-0.2, 0) is 16.8 Å². The maximum Gasteiger partial charge on any atom is 0.281 e. The van der Waals surface area contributed by atoms with E-state index < -0.39 is 10.2 Å². The first kappa shape index (κ1) is 18.4. The highest BCUT2D eigenvalue weighted by Gasteiger charge is 2.33. The van der Waals surface area contributed by atoms with Crippen molar-refractivity contribution >= 4 is 16.1 Å². The van der Waals surface area contributed by atoms with Crippen molar-refractivity contribution in [2.75, 3.05) is 27.2 Å². The van der Waals surface area contributed by atoms with Crippen LogP contribution < -0.4 is 5.32 Å². The van der Waals surface area contributed by atoms with Gasteiger partial charge < -0.3 is 5.32 Å². The Morgan fingerprint density at radius 1 is 1.35 bits per heavy atom. The molecule has 0 aliphatic carbocycles. The summed E-state index contributed by atoms with van der Waals surface area (Å²) in [5.74, 6) is -0.313. The van der Waals surface area contributed by atoms with Crippen LogP contribution in [0.1, 0.15) is 28.6 Å². The van der Waals surface area contributed by atoms with Gasteiger partial charge in [0.2, 0.25) is 0 Å². The lowest BCUT2D eigenvalue weighted by molar-refractivity contribution is 0.0944. The van der Waals surface area contributed by atoms with Crippen LogP contribution in [0.15, 0.2) is 30.9 Å². The number of fused-ring (bicyclic) bond motifs is 1. The van der Waals surface area contributed by atoms with Crippen molar-refractivity contribution < 1.29 is 13.2 Å². The van der Waals surface area contributed by atoms with E-state index in [0.717, 1.165) is 5.69 Å². The van der Waals surface area contributed by atoms with Crippen molar-refractivity contribution in [1.29, 1.82) is 0 Å². The SMILES string of the molecule is CN(C)S(=O)(=O)N1Cc2ccnn2C(CCNC(=O)c2cnccn2)C1. The molecule has 0 radical (unpaired) electrons. The number of rotatable bonds is 6. The third-order valence-corrected chi connectivity index (χ3v) is 6.05. The summed E-state index contributed by atoms with van der Waals surface area (Å²) in [7, 11) is -0.495. The lowest BCUT2D eigenvalue weighted by atomic mass is 10.1. The minimum atomic E-state index is -3.52. The van der Waals surface area contributed by atoms with E-state index in [1.807, 2.05) is 10.7 Å². The Bertz CT molecular complexity index is 866. The van der Waals surface area contributed by atoms with Gasteiger partial charge in [-0.15, -0.1) is 0 Å².